The second-order valence-electron chi connectivity index (χ2n) is 6.82. The van der Waals surface area contributed by atoms with E-state index in [0.717, 1.165) is 24.3 Å². The molecule has 0 aromatic carbocycles. The van der Waals surface area contributed by atoms with Crippen LogP contribution in [0.5, 0.6) is 0 Å². The summed E-state index contributed by atoms with van der Waals surface area (Å²) in [4.78, 5) is 2.70. The third kappa shape index (κ3) is 3.94. The molecule has 1 aliphatic heterocycles. The molecule has 3 nitrogen and oxygen atoms in total. The number of nitrogens with zero attached hydrogens (tertiary/aromatic N) is 1. The van der Waals surface area contributed by atoms with Crippen molar-refractivity contribution in [2.45, 2.75) is 44.6 Å². The van der Waals surface area contributed by atoms with Gasteiger partial charge in [0.05, 0.1) is 6.61 Å². The summed E-state index contributed by atoms with van der Waals surface area (Å²) in [6.07, 6.45) is 8.66. The Kier molecular flexibility index (Phi) is 4.22. The molecule has 104 valence electrons. The fourth-order valence-electron chi connectivity index (χ4n) is 3.53. The van der Waals surface area contributed by atoms with Crippen LogP contribution in [-0.2, 0) is 0 Å². The van der Waals surface area contributed by atoms with Gasteiger partial charge in [0.25, 0.3) is 0 Å². The summed E-state index contributed by atoms with van der Waals surface area (Å²) >= 11 is 0. The lowest BCUT2D eigenvalue weighted by atomic mass is 9.89. The molecule has 0 spiro atoms. The first kappa shape index (κ1) is 12.9. The Balaban J connectivity index is 1.49. The zero-order chi connectivity index (χ0) is 12.4. The molecular formula is C15H28N2O. The SMILES string of the molecule is OCCNC1CC(CC2CC2)CN(CC2CC2)C1. The van der Waals surface area contributed by atoms with Gasteiger partial charge in [-0.3, -0.25) is 0 Å². The van der Waals surface area contributed by atoms with E-state index in [1.165, 1.54) is 58.2 Å². The van der Waals surface area contributed by atoms with Gasteiger partial charge in [-0.05, 0) is 43.4 Å². The van der Waals surface area contributed by atoms with Gasteiger partial charge in [-0.1, -0.05) is 12.8 Å². The van der Waals surface area contributed by atoms with Crippen LogP contribution in [0.15, 0.2) is 0 Å². The fraction of sp³-hybridized carbons (Fsp3) is 1.00. The molecule has 0 aromatic heterocycles. The first-order valence-corrected chi connectivity index (χ1v) is 7.90. The van der Waals surface area contributed by atoms with Crippen LogP contribution in [0.1, 0.15) is 38.5 Å². The van der Waals surface area contributed by atoms with Crippen molar-refractivity contribution in [2.75, 3.05) is 32.8 Å². The van der Waals surface area contributed by atoms with Crippen molar-refractivity contribution in [3.8, 4) is 0 Å². The van der Waals surface area contributed by atoms with Gasteiger partial charge in [-0.25, -0.2) is 0 Å². The molecule has 2 N–H and O–H groups in total. The molecule has 3 rings (SSSR count). The highest BCUT2D eigenvalue weighted by atomic mass is 16.3. The average molecular weight is 252 g/mol. The normalized spacial score (nSPS) is 33.8. The number of nitrogens with one attached hydrogen (secondary N) is 1. The van der Waals surface area contributed by atoms with Gasteiger partial charge in [0, 0.05) is 32.2 Å². The monoisotopic (exact) mass is 252 g/mol. The quantitative estimate of drug-likeness (QED) is 0.720. The average Bonchev–Trinajstić information content (AvgIpc) is 3.22. The summed E-state index contributed by atoms with van der Waals surface area (Å²) in [6, 6.07) is 0.619. The number of aliphatic hydroxyl groups excluding tert-OH is 1. The molecule has 3 heteroatoms. The van der Waals surface area contributed by atoms with Gasteiger partial charge >= 0.3 is 0 Å². The Bertz CT molecular complexity index is 241. The van der Waals surface area contributed by atoms with Gasteiger partial charge in [-0.15, -0.1) is 0 Å². The summed E-state index contributed by atoms with van der Waals surface area (Å²) < 4.78 is 0. The molecule has 2 aliphatic carbocycles. The third-order valence-electron chi connectivity index (χ3n) is 4.73. The number of hydrogen-bond acceptors (Lipinski definition) is 3. The van der Waals surface area contributed by atoms with E-state index in [1.807, 2.05) is 0 Å². The highest BCUT2D eigenvalue weighted by Gasteiger charge is 2.34. The number of piperidine rings is 1. The maximum absolute atomic E-state index is 8.96. The largest absolute Gasteiger partial charge is 0.395 e. The van der Waals surface area contributed by atoms with Crippen molar-refractivity contribution in [3.63, 3.8) is 0 Å². The highest BCUT2D eigenvalue weighted by Crippen LogP contribution is 2.38. The molecule has 18 heavy (non-hydrogen) atoms. The molecule has 2 atom stereocenters. The van der Waals surface area contributed by atoms with Gasteiger partial charge < -0.3 is 15.3 Å². The number of rotatable bonds is 7. The topological polar surface area (TPSA) is 35.5 Å². The number of hydrogen-bond donors (Lipinski definition) is 2. The first-order chi connectivity index (χ1) is 8.83. The smallest absolute Gasteiger partial charge is 0.0556 e. The molecular weight excluding hydrogens is 224 g/mol. The third-order valence-corrected chi connectivity index (χ3v) is 4.73. The zero-order valence-corrected chi connectivity index (χ0v) is 11.5. The number of aliphatic hydroxyl groups is 1. The van der Waals surface area contributed by atoms with Crippen molar-refractivity contribution in [2.24, 2.45) is 17.8 Å². The number of likely N-dealkylation sites (tertiary alicyclic amines) is 1. The minimum atomic E-state index is 0.270. The molecule has 1 heterocycles. The minimum Gasteiger partial charge on any atom is -0.395 e. The molecule has 0 radical (unpaired) electrons. The van der Waals surface area contributed by atoms with Crippen molar-refractivity contribution in [3.05, 3.63) is 0 Å². The standard InChI is InChI=1S/C15H28N2O/c18-6-5-16-15-8-14(7-12-1-2-12)10-17(11-15)9-13-3-4-13/h12-16,18H,1-11H2. The van der Waals surface area contributed by atoms with Gasteiger partial charge in [0.15, 0.2) is 0 Å². The van der Waals surface area contributed by atoms with Crippen LogP contribution >= 0.6 is 0 Å². The molecule has 0 bridgehead atoms. The molecule has 1 saturated heterocycles. The Labute approximate surface area is 111 Å². The van der Waals surface area contributed by atoms with Crippen LogP contribution in [0.25, 0.3) is 0 Å². The Morgan fingerprint density at radius 3 is 2.44 bits per heavy atom. The summed E-state index contributed by atoms with van der Waals surface area (Å²) in [5.41, 5.74) is 0. The van der Waals surface area contributed by atoms with Crippen molar-refractivity contribution in [1.29, 1.82) is 0 Å². The molecule has 2 saturated carbocycles. The van der Waals surface area contributed by atoms with Crippen LogP contribution in [0.2, 0.25) is 0 Å². The Hall–Kier alpha value is -0.120. The molecule has 0 aromatic rings. The second-order valence-corrected chi connectivity index (χ2v) is 6.82. The lowest BCUT2D eigenvalue weighted by Gasteiger charge is -2.38. The lowest BCUT2D eigenvalue weighted by molar-refractivity contribution is 0.124. The van der Waals surface area contributed by atoms with E-state index in [-0.39, 0.29) is 6.61 Å². The molecule has 0 amide bonds. The molecule has 3 aliphatic rings. The van der Waals surface area contributed by atoms with Crippen LogP contribution in [0, 0.1) is 17.8 Å². The van der Waals surface area contributed by atoms with E-state index in [4.69, 9.17) is 5.11 Å². The lowest BCUT2D eigenvalue weighted by Crippen LogP contribution is -2.50. The summed E-state index contributed by atoms with van der Waals surface area (Å²) in [7, 11) is 0. The molecule has 3 fully saturated rings. The maximum atomic E-state index is 8.96. The Morgan fingerprint density at radius 1 is 1.00 bits per heavy atom. The summed E-state index contributed by atoms with van der Waals surface area (Å²) in [5, 5.41) is 12.5. The highest BCUT2D eigenvalue weighted by molar-refractivity contribution is 4.89. The van der Waals surface area contributed by atoms with Crippen LogP contribution in [0.4, 0.5) is 0 Å². The van der Waals surface area contributed by atoms with E-state index in [1.54, 1.807) is 0 Å². The van der Waals surface area contributed by atoms with E-state index < -0.39 is 0 Å². The van der Waals surface area contributed by atoms with Gasteiger partial charge in [-0.2, -0.15) is 0 Å². The maximum Gasteiger partial charge on any atom is 0.0556 e. The summed E-state index contributed by atoms with van der Waals surface area (Å²) in [6.45, 7) is 4.91. The summed E-state index contributed by atoms with van der Waals surface area (Å²) in [5.74, 6) is 2.96. The van der Waals surface area contributed by atoms with Crippen LogP contribution in [0.3, 0.4) is 0 Å². The van der Waals surface area contributed by atoms with E-state index in [2.05, 4.69) is 10.2 Å². The van der Waals surface area contributed by atoms with Gasteiger partial charge in [0.1, 0.15) is 0 Å². The second kappa shape index (κ2) is 5.89. The van der Waals surface area contributed by atoms with Gasteiger partial charge in [0.2, 0.25) is 0 Å². The van der Waals surface area contributed by atoms with E-state index in [9.17, 15) is 0 Å². The fourth-order valence-corrected chi connectivity index (χ4v) is 3.53. The predicted octanol–water partition coefficient (Wildman–Crippen LogP) is 1.47. The van der Waals surface area contributed by atoms with Crippen molar-refractivity contribution < 1.29 is 5.11 Å². The van der Waals surface area contributed by atoms with Crippen molar-refractivity contribution in [1.82, 2.24) is 10.2 Å². The zero-order valence-electron chi connectivity index (χ0n) is 11.5. The predicted molar refractivity (Wildman–Crippen MR) is 73.5 cm³/mol. The van der Waals surface area contributed by atoms with E-state index in [0.29, 0.717) is 6.04 Å². The van der Waals surface area contributed by atoms with Crippen LogP contribution in [-0.4, -0.2) is 48.8 Å². The first-order valence-electron chi connectivity index (χ1n) is 7.90. The molecule has 2 unspecified atom stereocenters. The minimum absolute atomic E-state index is 0.270. The van der Waals surface area contributed by atoms with Crippen LogP contribution < -0.4 is 5.32 Å². The van der Waals surface area contributed by atoms with E-state index >= 15 is 0 Å². The Morgan fingerprint density at radius 2 is 1.78 bits per heavy atom. The van der Waals surface area contributed by atoms with Crippen molar-refractivity contribution >= 4 is 0 Å².